The molecule has 26 heavy (non-hydrogen) atoms. The molecule has 0 saturated carbocycles. The van der Waals surface area contributed by atoms with Gasteiger partial charge >= 0.3 is 0 Å². The number of rotatable bonds is 9. The minimum atomic E-state index is -0.368. The summed E-state index contributed by atoms with van der Waals surface area (Å²) in [7, 11) is 3.12. The van der Waals surface area contributed by atoms with Gasteiger partial charge in [-0.1, -0.05) is 13.8 Å². The molecule has 0 aliphatic carbocycles. The molecule has 1 saturated heterocycles. The van der Waals surface area contributed by atoms with E-state index in [1.165, 1.54) is 0 Å². The smallest absolute Gasteiger partial charge is 0.224 e. The summed E-state index contributed by atoms with van der Waals surface area (Å²) in [6, 6.07) is 0. The standard InChI is InChI=1S/C19H33N3O4/c1-13(2)9-16(23)7-5-6-8-17(24)22-11-14(18(25)20-3)10-15(12-22)19(26)21-4/h13-15H,5-12H2,1-4H3,(H,20,25)(H,21,26)/t14-,15+. The number of likely N-dealkylation sites (tertiary alicyclic amines) is 1. The van der Waals surface area contributed by atoms with Crippen molar-refractivity contribution in [2.24, 2.45) is 17.8 Å². The fraction of sp³-hybridized carbons (Fsp3) is 0.789. The van der Waals surface area contributed by atoms with Gasteiger partial charge in [-0.25, -0.2) is 0 Å². The largest absolute Gasteiger partial charge is 0.359 e. The van der Waals surface area contributed by atoms with Gasteiger partial charge in [-0.3, -0.25) is 19.2 Å². The third-order valence-electron chi connectivity index (χ3n) is 4.77. The number of ketones is 1. The minimum absolute atomic E-state index is 0.0520. The molecule has 0 aromatic heterocycles. The molecule has 1 heterocycles. The van der Waals surface area contributed by atoms with Crippen LogP contribution in [0, 0.1) is 17.8 Å². The van der Waals surface area contributed by atoms with Gasteiger partial charge in [-0.05, 0) is 25.2 Å². The van der Waals surface area contributed by atoms with Gasteiger partial charge in [0.2, 0.25) is 17.7 Å². The molecule has 1 fully saturated rings. The molecular formula is C19H33N3O4. The van der Waals surface area contributed by atoms with Crippen LogP contribution in [0.5, 0.6) is 0 Å². The first-order valence-corrected chi connectivity index (χ1v) is 9.51. The van der Waals surface area contributed by atoms with E-state index in [1.807, 2.05) is 13.8 Å². The second kappa shape index (κ2) is 10.9. The predicted molar refractivity (Wildman–Crippen MR) is 99.2 cm³/mol. The van der Waals surface area contributed by atoms with Crippen LogP contribution in [-0.2, 0) is 19.2 Å². The Balaban J connectivity index is 2.53. The maximum atomic E-state index is 12.5. The zero-order valence-corrected chi connectivity index (χ0v) is 16.5. The van der Waals surface area contributed by atoms with E-state index >= 15 is 0 Å². The molecule has 0 spiro atoms. The maximum Gasteiger partial charge on any atom is 0.224 e. The van der Waals surface area contributed by atoms with Crippen LogP contribution < -0.4 is 10.6 Å². The SMILES string of the molecule is CNC(=O)[C@@H]1C[C@H](C(=O)NC)CN(C(=O)CCCCC(=O)CC(C)C)C1. The highest BCUT2D eigenvalue weighted by molar-refractivity contribution is 5.85. The van der Waals surface area contributed by atoms with Crippen LogP contribution in [0.2, 0.25) is 0 Å². The zero-order chi connectivity index (χ0) is 19.7. The van der Waals surface area contributed by atoms with Crippen LogP contribution >= 0.6 is 0 Å². The average Bonchev–Trinajstić information content (AvgIpc) is 2.62. The van der Waals surface area contributed by atoms with Gasteiger partial charge in [0.05, 0.1) is 11.8 Å². The fourth-order valence-corrected chi connectivity index (χ4v) is 3.40. The highest BCUT2D eigenvalue weighted by Gasteiger charge is 2.36. The monoisotopic (exact) mass is 367 g/mol. The summed E-state index contributed by atoms with van der Waals surface area (Å²) in [6.07, 6.45) is 3.23. The zero-order valence-electron chi connectivity index (χ0n) is 16.5. The highest BCUT2D eigenvalue weighted by atomic mass is 16.2. The predicted octanol–water partition coefficient (Wildman–Crippen LogP) is 1.12. The van der Waals surface area contributed by atoms with Gasteiger partial charge in [0.25, 0.3) is 0 Å². The molecule has 2 atom stereocenters. The van der Waals surface area contributed by atoms with Crippen molar-refractivity contribution in [1.82, 2.24) is 15.5 Å². The molecule has 7 nitrogen and oxygen atoms in total. The van der Waals surface area contributed by atoms with Gasteiger partial charge < -0.3 is 15.5 Å². The van der Waals surface area contributed by atoms with Crippen molar-refractivity contribution in [3.8, 4) is 0 Å². The molecule has 148 valence electrons. The molecule has 0 bridgehead atoms. The Kier molecular flexibility index (Phi) is 9.30. The number of piperidine rings is 1. The Labute approximate surface area is 156 Å². The number of nitrogens with one attached hydrogen (secondary N) is 2. The van der Waals surface area contributed by atoms with E-state index in [0.29, 0.717) is 57.5 Å². The maximum absolute atomic E-state index is 12.5. The van der Waals surface area contributed by atoms with E-state index < -0.39 is 0 Å². The van der Waals surface area contributed by atoms with E-state index in [-0.39, 0.29) is 35.3 Å². The molecule has 3 amide bonds. The second-order valence-electron chi connectivity index (χ2n) is 7.50. The van der Waals surface area contributed by atoms with Gasteiger partial charge in [0, 0.05) is 46.4 Å². The molecule has 0 aromatic carbocycles. The number of hydrogen-bond acceptors (Lipinski definition) is 4. The molecule has 7 heteroatoms. The van der Waals surface area contributed by atoms with Gasteiger partial charge in [0.15, 0.2) is 0 Å². The molecule has 1 aliphatic heterocycles. The number of carbonyl (C=O) groups is 4. The summed E-state index contributed by atoms with van der Waals surface area (Å²) in [4.78, 5) is 49.8. The number of carbonyl (C=O) groups excluding carboxylic acids is 4. The molecule has 0 unspecified atom stereocenters. The second-order valence-corrected chi connectivity index (χ2v) is 7.50. The first-order valence-electron chi connectivity index (χ1n) is 9.51. The number of nitrogens with zero attached hydrogens (tertiary/aromatic N) is 1. The Morgan fingerprint density at radius 2 is 1.42 bits per heavy atom. The van der Waals surface area contributed by atoms with Crippen LogP contribution in [0.3, 0.4) is 0 Å². The van der Waals surface area contributed by atoms with Crippen LogP contribution in [0.25, 0.3) is 0 Å². The molecule has 0 radical (unpaired) electrons. The highest BCUT2D eigenvalue weighted by Crippen LogP contribution is 2.23. The van der Waals surface area contributed by atoms with Crippen LogP contribution in [0.15, 0.2) is 0 Å². The van der Waals surface area contributed by atoms with Gasteiger partial charge in [-0.15, -0.1) is 0 Å². The lowest BCUT2D eigenvalue weighted by Crippen LogP contribution is -2.51. The summed E-state index contributed by atoms with van der Waals surface area (Å²) in [6.45, 7) is 4.73. The van der Waals surface area contributed by atoms with E-state index in [4.69, 9.17) is 0 Å². The number of hydrogen-bond donors (Lipinski definition) is 2. The quantitative estimate of drug-likeness (QED) is 0.597. The van der Waals surface area contributed by atoms with Crippen molar-refractivity contribution in [3.63, 3.8) is 0 Å². The van der Waals surface area contributed by atoms with E-state index in [0.717, 1.165) is 0 Å². The van der Waals surface area contributed by atoms with E-state index in [1.54, 1.807) is 19.0 Å². The Hall–Kier alpha value is -1.92. The topological polar surface area (TPSA) is 95.6 Å². The number of amides is 3. The molecular weight excluding hydrogens is 334 g/mol. The molecule has 1 aliphatic rings. The first kappa shape index (κ1) is 22.1. The fourth-order valence-electron chi connectivity index (χ4n) is 3.40. The Morgan fingerprint density at radius 3 is 1.88 bits per heavy atom. The number of unbranched alkanes of at least 4 members (excludes halogenated alkanes) is 1. The lowest BCUT2D eigenvalue weighted by molar-refractivity contribution is -0.140. The normalized spacial score (nSPS) is 20.0. The summed E-state index contributed by atoms with van der Waals surface area (Å²) in [5, 5.41) is 5.21. The average molecular weight is 367 g/mol. The third-order valence-corrected chi connectivity index (χ3v) is 4.77. The van der Waals surface area contributed by atoms with E-state index in [2.05, 4.69) is 10.6 Å². The van der Waals surface area contributed by atoms with Gasteiger partial charge in [0.1, 0.15) is 5.78 Å². The lowest BCUT2D eigenvalue weighted by Gasteiger charge is -2.36. The number of Topliss-reactive ketones (excluding diaryl/α,β-unsaturated/α-hetero) is 1. The van der Waals surface area contributed by atoms with Gasteiger partial charge in [-0.2, -0.15) is 0 Å². The molecule has 0 aromatic rings. The van der Waals surface area contributed by atoms with Crippen LogP contribution in [0.1, 0.15) is 52.4 Å². The summed E-state index contributed by atoms with van der Waals surface area (Å²) in [5.74, 6) is -0.471. The Bertz CT molecular complexity index is 495. The summed E-state index contributed by atoms with van der Waals surface area (Å²) < 4.78 is 0. The van der Waals surface area contributed by atoms with Crippen molar-refractivity contribution in [2.45, 2.75) is 52.4 Å². The van der Waals surface area contributed by atoms with Crippen LogP contribution in [-0.4, -0.2) is 55.6 Å². The minimum Gasteiger partial charge on any atom is -0.359 e. The third kappa shape index (κ3) is 7.14. The van der Waals surface area contributed by atoms with Crippen molar-refractivity contribution in [2.75, 3.05) is 27.2 Å². The van der Waals surface area contributed by atoms with Crippen molar-refractivity contribution < 1.29 is 19.2 Å². The molecule has 2 N–H and O–H groups in total. The van der Waals surface area contributed by atoms with Crippen molar-refractivity contribution in [1.29, 1.82) is 0 Å². The summed E-state index contributed by atoms with van der Waals surface area (Å²) >= 11 is 0. The Morgan fingerprint density at radius 1 is 0.923 bits per heavy atom. The first-order chi connectivity index (χ1) is 12.3. The molecule has 1 rings (SSSR count). The lowest BCUT2D eigenvalue weighted by atomic mass is 9.87. The van der Waals surface area contributed by atoms with Crippen molar-refractivity contribution in [3.05, 3.63) is 0 Å². The summed E-state index contributed by atoms with van der Waals surface area (Å²) in [5.41, 5.74) is 0. The van der Waals surface area contributed by atoms with Crippen molar-refractivity contribution >= 4 is 23.5 Å². The van der Waals surface area contributed by atoms with E-state index in [9.17, 15) is 19.2 Å². The van der Waals surface area contributed by atoms with Crippen LogP contribution in [0.4, 0.5) is 0 Å².